The van der Waals surface area contributed by atoms with Crippen molar-refractivity contribution in [3.8, 4) is 5.75 Å². The molecule has 0 radical (unpaired) electrons. The van der Waals surface area contributed by atoms with Gasteiger partial charge in [-0.1, -0.05) is 32.0 Å². The maximum atomic E-state index is 11.8. The first-order valence-corrected chi connectivity index (χ1v) is 7.30. The maximum Gasteiger partial charge on any atom is 0.323 e. The number of pyridine rings is 1. The van der Waals surface area contributed by atoms with Crippen LogP contribution in [0.3, 0.4) is 0 Å². The monoisotopic (exact) mass is 299 g/mol. The molecule has 1 aromatic heterocycles. The van der Waals surface area contributed by atoms with E-state index in [1.54, 1.807) is 31.3 Å². The van der Waals surface area contributed by atoms with E-state index in [0.29, 0.717) is 11.7 Å². The number of urea groups is 1. The molecule has 2 N–H and O–H groups in total. The molecule has 116 valence electrons. The molecule has 5 heteroatoms. The van der Waals surface area contributed by atoms with E-state index < -0.39 is 6.23 Å². The van der Waals surface area contributed by atoms with Gasteiger partial charge in [0.25, 0.3) is 0 Å². The lowest BCUT2D eigenvalue weighted by molar-refractivity contribution is 0.183. The van der Waals surface area contributed by atoms with Gasteiger partial charge in [0, 0.05) is 6.20 Å². The second-order valence-electron chi connectivity index (χ2n) is 5.30. The molecule has 22 heavy (non-hydrogen) atoms. The number of carbonyl (C=O) groups is 1. The van der Waals surface area contributed by atoms with Gasteiger partial charge in [-0.25, -0.2) is 9.78 Å². The fourth-order valence-corrected chi connectivity index (χ4v) is 1.94. The summed E-state index contributed by atoms with van der Waals surface area (Å²) in [6.07, 6.45) is 1.17. The largest absolute Gasteiger partial charge is 0.471 e. The van der Waals surface area contributed by atoms with Crippen LogP contribution in [-0.4, -0.2) is 17.2 Å². The number of anilines is 1. The highest BCUT2D eigenvalue weighted by Gasteiger charge is 2.09. The van der Waals surface area contributed by atoms with E-state index in [4.69, 9.17) is 4.74 Å². The van der Waals surface area contributed by atoms with Gasteiger partial charge < -0.3 is 10.1 Å². The average Bonchev–Trinajstić information content (AvgIpc) is 2.48. The highest BCUT2D eigenvalue weighted by molar-refractivity contribution is 5.88. The van der Waals surface area contributed by atoms with Crippen molar-refractivity contribution in [2.75, 3.05) is 5.32 Å². The molecule has 0 fully saturated rings. The summed E-state index contributed by atoms with van der Waals surface area (Å²) in [4.78, 5) is 15.8. The van der Waals surface area contributed by atoms with E-state index in [0.717, 1.165) is 5.75 Å². The van der Waals surface area contributed by atoms with Crippen LogP contribution in [0.5, 0.6) is 5.75 Å². The molecule has 0 aliphatic heterocycles. The van der Waals surface area contributed by atoms with Crippen molar-refractivity contribution in [3.05, 3.63) is 54.2 Å². The zero-order valence-electron chi connectivity index (χ0n) is 13.0. The zero-order chi connectivity index (χ0) is 15.9. The van der Waals surface area contributed by atoms with E-state index in [-0.39, 0.29) is 6.03 Å². The molecule has 1 aromatic carbocycles. The standard InChI is InChI=1S/C17H21N3O2/c1-12(2)14-7-9-15(10-8-14)22-13(3)19-17(21)20-16-6-4-5-11-18-16/h4-13H,1-3H3,(H2,18,19,20,21). The van der Waals surface area contributed by atoms with Crippen LogP contribution >= 0.6 is 0 Å². The predicted molar refractivity (Wildman–Crippen MR) is 87.0 cm³/mol. The number of hydrogen-bond donors (Lipinski definition) is 2. The third-order valence-corrected chi connectivity index (χ3v) is 3.10. The second-order valence-corrected chi connectivity index (χ2v) is 5.30. The molecule has 1 heterocycles. The predicted octanol–water partition coefficient (Wildman–Crippen LogP) is 3.75. The molecular weight excluding hydrogens is 278 g/mol. The molecule has 0 saturated carbocycles. The molecule has 0 bridgehead atoms. The third-order valence-electron chi connectivity index (χ3n) is 3.10. The van der Waals surface area contributed by atoms with Gasteiger partial charge in [-0.15, -0.1) is 0 Å². The first-order valence-electron chi connectivity index (χ1n) is 7.30. The van der Waals surface area contributed by atoms with E-state index >= 15 is 0 Å². The summed E-state index contributed by atoms with van der Waals surface area (Å²) >= 11 is 0. The Morgan fingerprint density at radius 2 is 1.82 bits per heavy atom. The Hall–Kier alpha value is -2.56. The second kappa shape index (κ2) is 7.45. The van der Waals surface area contributed by atoms with Gasteiger partial charge in [-0.05, 0) is 42.7 Å². The number of rotatable bonds is 5. The van der Waals surface area contributed by atoms with Gasteiger partial charge >= 0.3 is 6.03 Å². The SMILES string of the molecule is CC(NC(=O)Nc1ccccn1)Oc1ccc(C(C)C)cc1. The number of hydrogen-bond acceptors (Lipinski definition) is 3. The Morgan fingerprint density at radius 3 is 2.41 bits per heavy atom. The lowest BCUT2D eigenvalue weighted by Crippen LogP contribution is -2.39. The summed E-state index contributed by atoms with van der Waals surface area (Å²) in [5, 5.41) is 5.34. The third kappa shape index (κ3) is 4.77. The normalized spacial score (nSPS) is 11.8. The molecule has 1 unspecified atom stereocenters. The summed E-state index contributed by atoms with van der Waals surface area (Å²) in [6.45, 7) is 6.05. The van der Waals surface area contributed by atoms with Crippen LogP contribution in [0.2, 0.25) is 0 Å². The van der Waals surface area contributed by atoms with Crippen molar-refractivity contribution in [2.45, 2.75) is 32.9 Å². The zero-order valence-corrected chi connectivity index (χ0v) is 13.0. The van der Waals surface area contributed by atoms with Crippen LogP contribution in [0.1, 0.15) is 32.3 Å². The van der Waals surface area contributed by atoms with Gasteiger partial charge in [-0.2, -0.15) is 0 Å². The minimum atomic E-state index is -0.450. The van der Waals surface area contributed by atoms with Gasteiger partial charge in [0.05, 0.1) is 0 Å². The van der Waals surface area contributed by atoms with Crippen molar-refractivity contribution in [1.82, 2.24) is 10.3 Å². The molecule has 2 aromatic rings. The smallest absolute Gasteiger partial charge is 0.323 e. The van der Waals surface area contributed by atoms with Gasteiger partial charge in [0.2, 0.25) is 0 Å². The fraction of sp³-hybridized carbons (Fsp3) is 0.294. The molecular formula is C17H21N3O2. The van der Waals surface area contributed by atoms with Crippen LogP contribution < -0.4 is 15.4 Å². The van der Waals surface area contributed by atoms with Crippen LogP contribution in [0, 0.1) is 0 Å². The molecule has 5 nitrogen and oxygen atoms in total. The Morgan fingerprint density at radius 1 is 1.09 bits per heavy atom. The molecule has 2 amide bonds. The molecule has 0 spiro atoms. The van der Waals surface area contributed by atoms with E-state index in [2.05, 4.69) is 29.5 Å². The van der Waals surface area contributed by atoms with E-state index in [1.807, 2.05) is 24.3 Å². The summed E-state index contributed by atoms with van der Waals surface area (Å²) < 4.78 is 5.67. The quantitative estimate of drug-likeness (QED) is 0.826. The average molecular weight is 299 g/mol. The Labute approximate surface area is 130 Å². The summed E-state index contributed by atoms with van der Waals surface area (Å²) in [5.74, 6) is 1.69. The van der Waals surface area contributed by atoms with Crippen molar-refractivity contribution in [2.24, 2.45) is 0 Å². The number of ether oxygens (including phenoxy) is 1. The minimum Gasteiger partial charge on any atom is -0.471 e. The van der Waals surface area contributed by atoms with E-state index in [9.17, 15) is 4.79 Å². The number of nitrogens with one attached hydrogen (secondary N) is 2. The molecule has 0 saturated heterocycles. The molecule has 0 aliphatic carbocycles. The van der Waals surface area contributed by atoms with Crippen LogP contribution in [0.15, 0.2) is 48.7 Å². The van der Waals surface area contributed by atoms with Crippen molar-refractivity contribution in [3.63, 3.8) is 0 Å². The Bertz CT molecular complexity index is 597. The van der Waals surface area contributed by atoms with Crippen molar-refractivity contribution < 1.29 is 9.53 Å². The lowest BCUT2D eigenvalue weighted by atomic mass is 10.0. The van der Waals surface area contributed by atoms with Gasteiger partial charge in [0.15, 0.2) is 6.23 Å². The lowest BCUT2D eigenvalue weighted by Gasteiger charge is -2.17. The number of aromatic nitrogens is 1. The number of amides is 2. The highest BCUT2D eigenvalue weighted by atomic mass is 16.5. The maximum absolute atomic E-state index is 11.8. The number of benzene rings is 1. The van der Waals surface area contributed by atoms with Crippen LogP contribution in [0.25, 0.3) is 0 Å². The summed E-state index contributed by atoms with van der Waals surface area (Å²) in [6, 6.07) is 12.8. The first kappa shape index (κ1) is 15.8. The van der Waals surface area contributed by atoms with Gasteiger partial charge in [0.1, 0.15) is 11.6 Å². The molecule has 0 aliphatic rings. The number of nitrogens with zero attached hydrogens (tertiary/aromatic N) is 1. The summed E-state index contributed by atoms with van der Waals surface area (Å²) in [5.41, 5.74) is 1.25. The van der Waals surface area contributed by atoms with Crippen LogP contribution in [0.4, 0.5) is 10.6 Å². The minimum absolute atomic E-state index is 0.356. The van der Waals surface area contributed by atoms with Crippen molar-refractivity contribution >= 4 is 11.8 Å². The Kier molecular flexibility index (Phi) is 5.36. The van der Waals surface area contributed by atoms with Gasteiger partial charge in [-0.3, -0.25) is 5.32 Å². The first-order chi connectivity index (χ1) is 10.5. The van der Waals surface area contributed by atoms with Crippen molar-refractivity contribution in [1.29, 1.82) is 0 Å². The Balaban J connectivity index is 1.84. The van der Waals surface area contributed by atoms with Crippen LogP contribution in [-0.2, 0) is 0 Å². The number of carbonyl (C=O) groups excluding carboxylic acids is 1. The fourth-order valence-electron chi connectivity index (χ4n) is 1.94. The highest BCUT2D eigenvalue weighted by Crippen LogP contribution is 2.19. The molecule has 1 atom stereocenters. The van der Waals surface area contributed by atoms with E-state index in [1.165, 1.54) is 5.56 Å². The topological polar surface area (TPSA) is 63.2 Å². The molecule has 2 rings (SSSR count). The summed E-state index contributed by atoms with van der Waals surface area (Å²) in [7, 11) is 0.